The smallest absolute Gasteiger partial charge is 0.200 e. The van der Waals surface area contributed by atoms with Crippen LogP contribution in [0.15, 0.2) is 12.1 Å². The number of nitrogens with two attached hydrogens (primary N) is 2. The molecule has 0 saturated heterocycles. The highest BCUT2D eigenvalue weighted by molar-refractivity contribution is 5.85. The molecule has 0 radical (unpaired) electrons. The second-order valence-corrected chi connectivity index (χ2v) is 2.64. The van der Waals surface area contributed by atoms with Crippen LogP contribution in [0.5, 0.6) is 5.75 Å². The van der Waals surface area contributed by atoms with E-state index in [4.69, 9.17) is 16.6 Å². The zero-order valence-corrected chi connectivity index (χ0v) is 8.02. The van der Waals surface area contributed by atoms with Crippen LogP contribution in [0, 0.1) is 11.6 Å². The zero-order chi connectivity index (χ0) is 10.0. The second-order valence-electron chi connectivity index (χ2n) is 2.64. The molecule has 6 heteroatoms. The Kier molecular flexibility index (Phi) is 4.76. The minimum atomic E-state index is -1.29. The summed E-state index contributed by atoms with van der Waals surface area (Å²) in [5, 5.41) is 9.13. The largest absolute Gasteiger partial charge is 0.505 e. The van der Waals surface area contributed by atoms with Crippen molar-refractivity contribution in [3.8, 4) is 5.75 Å². The summed E-state index contributed by atoms with van der Waals surface area (Å²) in [4.78, 5) is 0. The van der Waals surface area contributed by atoms with Gasteiger partial charge in [0.2, 0.25) is 5.82 Å². The molecule has 0 saturated carbocycles. The van der Waals surface area contributed by atoms with Gasteiger partial charge in [0, 0.05) is 18.2 Å². The Morgan fingerprint density at radius 2 is 1.93 bits per heavy atom. The monoisotopic (exact) mass is 224 g/mol. The average molecular weight is 225 g/mol. The first-order valence-electron chi connectivity index (χ1n) is 3.70. The molecule has 5 N–H and O–H groups in total. The summed E-state index contributed by atoms with van der Waals surface area (Å²) in [5.41, 5.74) is 10.8. The molecule has 0 heterocycles. The van der Waals surface area contributed by atoms with Gasteiger partial charge in [-0.15, -0.1) is 12.4 Å². The van der Waals surface area contributed by atoms with Gasteiger partial charge in [0.15, 0.2) is 11.6 Å². The quantitative estimate of drug-likeness (QED) is 0.703. The van der Waals surface area contributed by atoms with Crippen LogP contribution in [-0.4, -0.2) is 11.7 Å². The van der Waals surface area contributed by atoms with Gasteiger partial charge in [-0.3, -0.25) is 0 Å². The van der Waals surface area contributed by atoms with Crippen LogP contribution in [0.1, 0.15) is 11.6 Å². The highest BCUT2D eigenvalue weighted by atomic mass is 35.5. The fourth-order valence-corrected chi connectivity index (χ4v) is 0.981. The molecule has 14 heavy (non-hydrogen) atoms. The third kappa shape index (κ3) is 2.31. The molecular formula is C8H11ClF2N2O. The summed E-state index contributed by atoms with van der Waals surface area (Å²) < 4.78 is 25.3. The van der Waals surface area contributed by atoms with Crippen molar-refractivity contribution in [1.29, 1.82) is 0 Å². The van der Waals surface area contributed by atoms with Gasteiger partial charge in [-0.2, -0.15) is 4.39 Å². The molecule has 0 aliphatic rings. The van der Waals surface area contributed by atoms with E-state index in [1.165, 1.54) is 6.07 Å². The van der Waals surface area contributed by atoms with Gasteiger partial charge in [-0.25, -0.2) is 4.39 Å². The number of hydrogen-bond acceptors (Lipinski definition) is 3. The molecular weight excluding hydrogens is 214 g/mol. The molecule has 0 aliphatic carbocycles. The van der Waals surface area contributed by atoms with Crippen LogP contribution in [-0.2, 0) is 0 Å². The van der Waals surface area contributed by atoms with Gasteiger partial charge in [-0.1, -0.05) is 6.07 Å². The molecule has 1 atom stereocenters. The molecule has 0 aromatic heterocycles. The van der Waals surface area contributed by atoms with E-state index in [1.807, 2.05) is 0 Å². The third-order valence-corrected chi connectivity index (χ3v) is 1.75. The second kappa shape index (κ2) is 5.09. The number of hydrogen-bond donors (Lipinski definition) is 3. The van der Waals surface area contributed by atoms with Crippen LogP contribution >= 0.6 is 12.4 Å². The number of phenols is 1. The molecule has 0 unspecified atom stereocenters. The van der Waals surface area contributed by atoms with Crippen molar-refractivity contribution >= 4 is 12.4 Å². The van der Waals surface area contributed by atoms with Crippen molar-refractivity contribution < 1.29 is 13.9 Å². The first-order valence-corrected chi connectivity index (χ1v) is 3.70. The van der Waals surface area contributed by atoms with Gasteiger partial charge in [0.05, 0.1) is 0 Å². The van der Waals surface area contributed by atoms with Crippen molar-refractivity contribution in [1.82, 2.24) is 0 Å². The molecule has 0 bridgehead atoms. The Hall–Kier alpha value is -0.910. The SMILES string of the molecule is Cl.NC[C@H](N)c1ccc(F)c(F)c1O. The van der Waals surface area contributed by atoms with Crippen LogP contribution in [0.4, 0.5) is 8.78 Å². The number of aromatic hydroxyl groups is 1. The first-order chi connectivity index (χ1) is 6.07. The van der Waals surface area contributed by atoms with Gasteiger partial charge in [-0.05, 0) is 6.07 Å². The number of phenolic OH excluding ortho intramolecular Hbond substituents is 1. The number of rotatable bonds is 2. The molecule has 80 valence electrons. The maximum absolute atomic E-state index is 12.8. The molecule has 1 aromatic carbocycles. The maximum Gasteiger partial charge on any atom is 0.200 e. The normalized spacial score (nSPS) is 12.0. The molecule has 0 aliphatic heterocycles. The minimum absolute atomic E-state index is 0. The molecule has 0 fully saturated rings. The Balaban J connectivity index is 0.00000169. The third-order valence-electron chi connectivity index (χ3n) is 1.75. The topological polar surface area (TPSA) is 72.3 Å². The Morgan fingerprint density at radius 3 is 2.43 bits per heavy atom. The van der Waals surface area contributed by atoms with E-state index >= 15 is 0 Å². The van der Waals surface area contributed by atoms with Gasteiger partial charge in [0.25, 0.3) is 0 Å². The summed E-state index contributed by atoms with van der Waals surface area (Å²) in [6.07, 6.45) is 0. The molecule has 0 amide bonds. The van der Waals surface area contributed by atoms with Crippen molar-refractivity contribution in [3.63, 3.8) is 0 Å². The van der Waals surface area contributed by atoms with E-state index in [0.717, 1.165) is 6.07 Å². The Bertz CT molecular complexity index is 322. The van der Waals surface area contributed by atoms with Crippen LogP contribution in [0.2, 0.25) is 0 Å². The molecule has 1 aromatic rings. The van der Waals surface area contributed by atoms with Crippen molar-refractivity contribution in [2.45, 2.75) is 6.04 Å². The van der Waals surface area contributed by atoms with Crippen LogP contribution in [0.3, 0.4) is 0 Å². The minimum Gasteiger partial charge on any atom is -0.505 e. The van der Waals surface area contributed by atoms with E-state index < -0.39 is 23.4 Å². The standard InChI is InChI=1S/C8H10F2N2O.ClH/c9-5-2-1-4(6(12)3-11)8(13)7(5)10;/h1-2,6,13H,3,11-12H2;1H/t6-;/m0./s1. The lowest BCUT2D eigenvalue weighted by molar-refractivity contribution is 0.397. The first kappa shape index (κ1) is 13.1. The number of benzene rings is 1. The predicted molar refractivity (Wildman–Crippen MR) is 51.3 cm³/mol. The summed E-state index contributed by atoms with van der Waals surface area (Å²) in [5.74, 6) is -3.16. The Morgan fingerprint density at radius 1 is 1.36 bits per heavy atom. The molecule has 0 spiro atoms. The lowest BCUT2D eigenvalue weighted by Gasteiger charge is -2.11. The van der Waals surface area contributed by atoms with Crippen molar-refractivity contribution in [2.24, 2.45) is 11.5 Å². The predicted octanol–water partition coefficient (Wildman–Crippen LogP) is 1.05. The summed E-state index contributed by atoms with van der Waals surface area (Å²) in [7, 11) is 0. The van der Waals surface area contributed by atoms with E-state index in [0.29, 0.717) is 0 Å². The molecule has 1 rings (SSSR count). The van der Waals surface area contributed by atoms with E-state index in [-0.39, 0.29) is 24.5 Å². The Labute approximate surface area is 86.1 Å². The van der Waals surface area contributed by atoms with E-state index in [2.05, 4.69) is 0 Å². The summed E-state index contributed by atoms with van der Waals surface area (Å²) >= 11 is 0. The highest BCUT2D eigenvalue weighted by Gasteiger charge is 2.16. The van der Waals surface area contributed by atoms with Gasteiger partial charge >= 0.3 is 0 Å². The molecule has 3 nitrogen and oxygen atoms in total. The van der Waals surface area contributed by atoms with E-state index in [1.54, 1.807) is 0 Å². The fourth-order valence-electron chi connectivity index (χ4n) is 0.981. The fraction of sp³-hybridized carbons (Fsp3) is 0.250. The lowest BCUT2D eigenvalue weighted by atomic mass is 10.1. The average Bonchev–Trinajstić information content (AvgIpc) is 2.13. The van der Waals surface area contributed by atoms with Crippen LogP contribution < -0.4 is 11.5 Å². The van der Waals surface area contributed by atoms with Gasteiger partial charge < -0.3 is 16.6 Å². The van der Waals surface area contributed by atoms with Crippen molar-refractivity contribution in [2.75, 3.05) is 6.54 Å². The van der Waals surface area contributed by atoms with Crippen LogP contribution in [0.25, 0.3) is 0 Å². The maximum atomic E-state index is 12.8. The zero-order valence-electron chi connectivity index (χ0n) is 7.21. The highest BCUT2D eigenvalue weighted by Crippen LogP contribution is 2.26. The van der Waals surface area contributed by atoms with E-state index in [9.17, 15) is 8.78 Å². The van der Waals surface area contributed by atoms with Gasteiger partial charge in [0.1, 0.15) is 0 Å². The summed E-state index contributed by atoms with van der Waals surface area (Å²) in [6, 6.07) is 1.43. The lowest BCUT2D eigenvalue weighted by Crippen LogP contribution is -2.21. The van der Waals surface area contributed by atoms with Crippen molar-refractivity contribution in [3.05, 3.63) is 29.3 Å². The summed E-state index contributed by atoms with van der Waals surface area (Å²) in [6.45, 7) is 0.0542. The number of halogens is 3.